The van der Waals surface area contributed by atoms with Gasteiger partial charge in [0.05, 0.1) is 5.69 Å². The van der Waals surface area contributed by atoms with E-state index >= 15 is 0 Å². The predicted octanol–water partition coefficient (Wildman–Crippen LogP) is 2.94. The molecule has 0 fully saturated rings. The van der Waals surface area contributed by atoms with Crippen LogP contribution < -0.4 is 0 Å². The summed E-state index contributed by atoms with van der Waals surface area (Å²) in [5, 5.41) is 3.94. The van der Waals surface area contributed by atoms with Gasteiger partial charge in [-0.15, -0.1) is 0 Å². The molecular weight excluding hydrogens is 262 g/mol. The molecule has 0 amide bonds. The molecule has 20 heavy (non-hydrogen) atoms. The third-order valence-electron chi connectivity index (χ3n) is 3.75. The number of halogens is 2. The van der Waals surface area contributed by atoms with E-state index in [9.17, 15) is 8.78 Å². The van der Waals surface area contributed by atoms with Gasteiger partial charge >= 0.3 is 0 Å². The molecule has 2 heterocycles. The number of fused-ring (bicyclic) bond motifs is 1. The van der Waals surface area contributed by atoms with Crippen molar-refractivity contribution in [3.63, 3.8) is 0 Å². The fourth-order valence-corrected chi connectivity index (χ4v) is 2.64. The Morgan fingerprint density at radius 1 is 1.25 bits per heavy atom. The summed E-state index contributed by atoms with van der Waals surface area (Å²) in [5.41, 5.74) is 2.34. The number of hydrogen-bond acceptors (Lipinski definition) is 3. The Morgan fingerprint density at radius 2 is 2.05 bits per heavy atom. The number of benzene rings is 1. The summed E-state index contributed by atoms with van der Waals surface area (Å²) in [4.78, 5) is 2.26. The Kier molecular flexibility index (Phi) is 3.78. The summed E-state index contributed by atoms with van der Waals surface area (Å²) in [6, 6.07) is 4.01. The van der Waals surface area contributed by atoms with Crippen molar-refractivity contribution in [2.45, 2.75) is 25.8 Å². The highest BCUT2D eigenvalue weighted by molar-refractivity contribution is 5.20. The normalized spacial score (nSPS) is 15.3. The highest BCUT2D eigenvalue weighted by atomic mass is 19.1. The first-order chi connectivity index (χ1) is 9.74. The number of aromatic nitrogens is 1. The third-order valence-corrected chi connectivity index (χ3v) is 3.75. The van der Waals surface area contributed by atoms with Crippen molar-refractivity contribution in [2.75, 3.05) is 13.1 Å². The van der Waals surface area contributed by atoms with Gasteiger partial charge in [0.15, 0.2) is 0 Å². The van der Waals surface area contributed by atoms with Crippen LogP contribution in [-0.4, -0.2) is 23.1 Å². The third kappa shape index (κ3) is 2.72. The molecule has 0 unspecified atom stereocenters. The topological polar surface area (TPSA) is 29.3 Å². The van der Waals surface area contributed by atoms with Gasteiger partial charge in [0.25, 0.3) is 0 Å². The minimum Gasteiger partial charge on any atom is -0.364 e. The molecule has 2 aromatic rings. The first kappa shape index (κ1) is 13.2. The second-order valence-corrected chi connectivity index (χ2v) is 5.12. The second-order valence-electron chi connectivity index (χ2n) is 5.12. The summed E-state index contributed by atoms with van der Waals surface area (Å²) < 4.78 is 31.9. The van der Waals surface area contributed by atoms with Crippen LogP contribution in [0.3, 0.4) is 0 Å². The van der Waals surface area contributed by atoms with Crippen molar-refractivity contribution in [1.82, 2.24) is 10.1 Å². The fraction of sp³-hybridized carbons (Fsp3) is 0.400. The van der Waals surface area contributed by atoms with Crippen LogP contribution in [-0.2, 0) is 19.4 Å². The lowest BCUT2D eigenvalue weighted by Gasteiger charge is -2.25. The van der Waals surface area contributed by atoms with E-state index in [2.05, 4.69) is 10.1 Å². The first-order valence-corrected chi connectivity index (χ1v) is 6.81. The van der Waals surface area contributed by atoms with E-state index < -0.39 is 11.6 Å². The average Bonchev–Trinajstić information content (AvgIpc) is 2.89. The quantitative estimate of drug-likeness (QED) is 0.861. The van der Waals surface area contributed by atoms with Crippen LogP contribution in [0.15, 0.2) is 29.0 Å². The van der Waals surface area contributed by atoms with E-state index in [-0.39, 0.29) is 5.56 Å². The van der Waals surface area contributed by atoms with Gasteiger partial charge in [0, 0.05) is 30.6 Å². The lowest BCUT2D eigenvalue weighted by atomic mass is 10.1. The maximum Gasteiger partial charge on any atom is 0.129 e. The molecule has 1 aromatic heterocycles. The highest BCUT2D eigenvalue weighted by Crippen LogP contribution is 2.19. The maximum absolute atomic E-state index is 13.5. The number of rotatable bonds is 4. The van der Waals surface area contributed by atoms with Crippen molar-refractivity contribution in [3.05, 3.63) is 52.9 Å². The molecular formula is C15H16F2N2O. The number of nitrogens with zero attached hydrogens (tertiary/aromatic N) is 2. The molecule has 0 bridgehead atoms. The number of hydrogen-bond donors (Lipinski definition) is 0. The van der Waals surface area contributed by atoms with E-state index in [0.29, 0.717) is 6.42 Å². The van der Waals surface area contributed by atoms with Gasteiger partial charge in [-0.05, 0) is 31.5 Å². The molecule has 0 saturated heterocycles. The molecule has 0 saturated carbocycles. The molecule has 0 spiro atoms. The first-order valence-electron chi connectivity index (χ1n) is 6.81. The maximum atomic E-state index is 13.5. The summed E-state index contributed by atoms with van der Waals surface area (Å²) >= 11 is 0. The van der Waals surface area contributed by atoms with Crippen LogP contribution in [0.2, 0.25) is 0 Å². The van der Waals surface area contributed by atoms with Gasteiger partial charge in [0.1, 0.15) is 17.9 Å². The zero-order valence-electron chi connectivity index (χ0n) is 11.1. The van der Waals surface area contributed by atoms with Crippen molar-refractivity contribution >= 4 is 0 Å². The van der Waals surface area contributed by atoms with Gasteiger partial charge in [0.2, 0.25) is 0 Å². The van der Waals surface area contributed by atoms with E-state index in [1.807, 2.05) is 0 Å². The zero-order valence-corrected chi connectivity index (χ0v) is 11.1. The molecule has 0 aliphatic carbocycles. The minimum atomic E-state index is -0.454. The molecule has 1 aliphatic rings. The fourth-order valence-electron chi connectivity index (χ4n) is 2.64. The molecule has 1 aromatic carbocycles. The van der Waals surface area contributed by atoms with Gasteiger partial charge in [-0.1, -0.05) is 11.2 Å². The summed E-state index contributed by atoms with van der Waals surface area (Å²) in [7, 11) is 0. The van der Waals surface area contributed by atoms with Gasteiger partial charge in [-0.3, -0.25) is 4.90 Å². The SMILES string of the molecule is Fc1cccc(F)c1CCCN1CCc2nocc2C1. The van der Waals surface area contributed by atoms with E-state index in [1.165, 1.54) is 18.2 Å². The van der Waals surface area contributed by atoms with Crippen LogP contribution >= 0.6 is 0 Å². The zero-order chi connectivity index (χ0) is 13.9. The summed E-state index contributed by atoms with van der Waals surface area (Å²) in [6.07, 6.45) is 3.71. The van der Waals surface area contributed by atoms with E-state index in [0.717, 1.165) is 43.7 Å². The molecule has 0 atom stereocenters. The molecule has 3 nitrogen and oxygen atoms in total. The van der Waals surface area contributed by atoms with Crippen LogP contribution in [0.25, 0.3) is 0 Å². The molecule has 5 heteroatoms. The Balaban J connectivity index is 1.54. The van der Waals surface area contributed by atoms with Crippen molar-refractivity contribution in [2.24, 2.45) is 0 Å². The lowest BCUT2D eigenvalue weighted by Crippen LogP contribution is -2.31. The van der Waals surface area contributed by atoms with Crippen molar-refractivity contribution < 1.29 is 13.3 Å². The summed E-state index contributed by atoms with van der Waals surface area (Å²) in [5.74, 6) is -0.907. The molecule has 0 N–H and O–H groups in total. The second kappa shape index (κ2) is 5.71. The van der Waals surface area contributed by atoms with Gasteiger partial charge in [-0.25, -0.2) is 8.78 Å². The van der Waals surface area contributed by atoms with Crippen LogP contribution in [0, 0.1) is 11.6 Å². The van der Waals surface area contributed by atoms with Crippen LogP contribution in [0.4, 0.5) is 8.78 Å². The Labute approximate surface area is 116 Å². The molecule has 0 radical (unpaired) electrons. The molecule has 3 rings (SSSR count). The van der Waals surface area contributed by atoms with E-state index in [1.54, 1.807) is 6.26 Å². The Morgan fingerprint density at radius 3 is 2.85 bits per heavy atom. The highest BCUT2D eigenvalue weighted by Gasteiger charge is 2.19. The largest absolute Gasteiger partial charge is 0.364 e. The molecule has 106 valence electrons. The standard InChI is InChI=1S/C15H16F2N2O/c16-13-4-1-5-14(17)12(13)3-2-7-19-8-6-15-11(9-19)10-20-18-15/h1,4-5,10H,2-3,6-9H2. The monoisotopic (exact) mass is 278 g/mol. The Bertz CT molecular complexity index is 577. The predicted molar refractivity (Wildman–Crippen MR) is 70.2 cm³/mol. The Hall–Kier alpha value is -1.75. The summed E-state index contributed by atoms with van der Waals surface area (Å²) in [6.45, 7) is 2.54. The van der Waals surface area contributed by atoms with Gasteiger partial charge in [-0.2, -0.15) is 0 Å². The van der Waals surface area contributed by atoms with Gasteiger partial charge < -0.3 is 4.52 Å². The smallest absolute Gasteiger partial charge is 0.129 e. The van der Waals surface area contributed by atoms with E-state index in [4.69, 9.17) is 4.52 Å². The minimum absolute atomic E-state index is 0.190. The molecule has 1 aliphatic heterocycles. The lowest BCUT2D eigenvalue weighted by molar-refractivity contribution is 0.249. The van der Waals surface area contributed by atoms with Crippen molar-refractivity contribution in [1.29, 1.82) is 0 Å². The van der Waals surface area contributed by atoms with Crippen molar-refractivity contribution in [3.8, 4) is 0 Å². The van der Waals surface area contributed by atoms with Crippen LogP contribution in [0.5, 0.6) is 0 Å². The van der Waals surface area contributed by atoms with Crippen LogP contribution in [0.1, 0.15) is 23.2 Å². The average molecular weight is 278 g/mol.